The number of thiol groups is 1. The largest absolute Gasteiger partial charge is 0.370 e. The smallest absolute Gasteiger partial charge is 0.243 e. The van der Waals surface area contributed by atoms with Crippen molar-refractivity contribution in [1.29, 1.82) is 0 Å². The van der Waals surface area contributed by atoms with E-state index in [2.05, 4.69) is 103 Å². The molecule has 17 N–H and O–H groups in total. The van der Waals surface area contributed by atoms with Crippen LogP contribution in [0.4, 0.5) is 0 Å². The number of fused-ring (bicyclic) bond motifs is 3. The Bertz CT molecular complexity index is 4360. The molecule has 32 nitrogen and oxygen atoms in total. The Labute approximate surface area is 667 Å². The quantitative estimate of drug-likeness (QED) is 0.0192. The summed E-state index contributed by atoms with van der Waals surface area (Å²) in [6.45, 7) is 7.32. The van der Waals surface area contributed by atoms with E-state index in [1.807, 2.05) is 67.6 Å². The number of pyridine rings is 2. The fourth-order valence-electron chi connectivity index (χ4n) is 13.6. The lowest BCUT2D eigenvalue weighted by Gasteiger charge is -2.29. The molecular formula is C81H109N19O13S. The van der Waals surface area contributed by atoms with Crippen LogP contribution in [0.5, 0.6) is 0 Å². The normalized spacial score (nSPS) is 14.4. The Balaban J connectivity index is 0.799. The number of imidazole rings is 1. The van der Waals surface area contributed by atoms with Gasteiger partial charge in [-0.1, -0.05) is 132 Å². The monoisotopic (exact) mass is 1590 g/mol. The summed E-state index contributed by atoms with van der Waals surface area (Å²) in [6.07, 6.45) is 11.0. The predicted molar refractivity (Wildman–Crippen MR) is 432 cm³/mol. The van der Waals surface area contributed by atoms with Gasteiger partial charge in [0.1, 0.15) is 48.3 Å². The summed E-state index contributed by atoms with van der Waals surface area (Å²) in [7, 11) is 0. The Morgan fingerprint density at radius 2 is 1.11 bits per heavy atom. The molecule has 1 fully saturated rings. The molecule has 114 heavy (non-hydrogen) atoms. The van der Waals surface area contributed by atoms with Crippen molar-refractivity contribution in [2.24, 2.45) is 23.3 Å². The first-order valence-electron chi connectivity index (χ1n) is 39.2. The van der Waals surface area contributed by atoms with Gasteiger partial charge in [-0.05, 0) is 93.3 Å². The molecule has 0 radical (unpaired) electrons. The minimum absolute atomic E-state index is 0.0188. The minimum atomic E-state index is -1.44. The van der Waals surface area contributed by atoms with Crippen LogP contribution in [0.3, 0.4) is 0 Å². The third-order valence-electron chi connectivity index (χ3n) is 19.9. The van der Waals surface area contributed by atoms with Crippen molar-refractivity contribution in [1.82, 2.24) is 88.3 Å². The summed E-state index contributed by atoms with van der Waals surface area (Å²) in [4.78, 5) is 198. The second kappa shape index (κ2) is 45.4. The number of nitrogens with zero attached hydrogens (tertiary/aromatic N) is 4. The Hall–Kier alpha value is -11.4. The van der Waals surface area contributed by atoms with E-state index >= 15 is 0 Å². The number of amides is 13. The van der Waals surface area contributed by atoms with Crippen LogP contribution < -0.4 is 70.0 Å². The van der Waals surface area contributed by atoms with Gasteiger partial charge in [0.2, 0.25) is 76.8 Å². The number of nitrogens with one attached hydrogen (secondary N) is 13. The second-order valence-corrected chi connectivity index (χ2v) is 29.7. The van der Waals surface area contributed by atoms with Crippen LogP contribution >= 0.6 is 12.6 Å². The van der Waals surface area contributed by atoms with Gasteiger partial charge in [0.05, 0.1) is 35.3 Å². The summed E-state index contributed by atoms with van der Waals surface area (Å²) in [6, 6.07) is 21.3. The zero-order valence-corrected chi connectivity index (χ0v) is 66.0. The maximum atomic E-state index is 14.5. The number of rotatable bonds is 47. The molecule has 3 aromatic carbocycles. The van der Waals surface area contributed by atoms with E-state index in [0.717, 1.165) is 71.7 Å². The first kappa shape index (κ1) is 88.2. The molecule has 1 aliphatic rings. The Morgan fingerprint density at radius 3 is 1.76 bits per heavy atom. The average molecular weight is 1590 g/mol. The van der Waals surface area contributed by atoms with Crippen LogP contribution in [0.15, 0.2) is 116 Å². The number of primary amides is 2. The summed E-state index contributed by atoms with van der Waals surface area (Å²) in [5.41, 5.74) is 16.5. The number of aromatic amines is 2. The van der Waals surface area contributed by atoms with E-state index in [-0.39, 0.29) is 82.0 Å². The number of aromatic nitrogens is 5. The molecule has 4 aromatic heterocycles. The van der Waals surface area contributed by atoms with Crippen molar-refractivity contribution in [3.8, 4) is 0 Å². The number of hydrogen-bond donors (Lipinski definition) is 16. The van der Waals surface area contributed by atoms with Gasteiger partial charge in [-0.3, -0.25) is 77.2 Å². The van der Waals surface area contributed by atoms with Crippen molar-refractivity contribution in [2.45, 2.75) is 205 Å². The van der Waals surface area contributed by atoms with E-state index in [4.69, 9.17) is 21.4 Å². The second-order valence-electron chi connectivity index (χ2n) is 29.3. The van der Waals surface area contributed by atoms with Gasteiger partial charge in [0.15, 0.2) is 0 Å². The fourth-order valence-corrected chi connectivity index (χ4v) is 13.8. The van der Waals surface area contributed by atoms with Crippen molar-refractivity contribution in [2.75, 3.05) is 31.9 Å². The Kier molecular flexibility index (Phi) is 35.1. The van der Waals surface area contributed by atoms with E-state index in [0.29, 0.717) is 67.5 Å². The number of unbranched alkanes of at least 4 members (excludes halogenated alkanes) is 2. The highest BCUT2D eigenvalue weighted by molar-refractivity contribution is 7.80. The highest BCUT2D eigenvalue weighted by Crippen LogP contribution is 2.28. The standard InChI is InChI=1S/C81H109N19O13S/c1-5-6-23-62(74(83)106)96-79(111)64(39-51-18-8-7-9-19-51)97-80(112)66(41-57-43-84-48-89-57)94-72(105)44-88-81(113)73(49(2)3)99-75(107)50(4)90-78(110)65(40-54-42-87-61-26-15-12-22-58(54)61)98-77(109)63(32-33-68(82)101)93-71(104)35-36-85-69(102)34-37-86-76(108)67(47-114)95-70(103)27-16-17-38-100(45-55-30-28-52-20-10-13-24-59(52)91-55)46-56-31-29-53-21-11-14-25-60(53)92-56/h10-15,20-22,24-26,28-31,42-43,48-51,62-67,73,87,114H,5-9,16-19,23,27,32-41,44-47H2,1-4H3,(H2,82,101)(H2,83,106)(H,84,89)(H,85,102)(H,86,108)(H,88,113)(H,90,110)(H,93,104)(H,94,105)(H,95,103)(H,96,111)(H,97,112)(H,98,109)(H,99,107)/t50-,62-,63-,64-,65-,66-,67-,73-/m0/s1. The molecular weight excluding hydrogens is 1480 g/mol. The van der Waals surface area contributed by atoms with Gasteiger partial charge < -0.3 is 79.9 Å². The van der Waals surface area contributed by atoms with Gasteiger partial charge >= 0.3 is 0 Å². The zero-order valence-electron chi connectivity index (χ0n) is 65.1. The molecule has 1 saturated carbocycles. The van der Waals surface area contributed by atoms with Crippen LogP contribution in [0.25, 0.3) is 32.7 Å². The molecule has 612 valence electrons. The van der Waals surface area contributed by atoms with E-state index in [9.17, 15) is 62.3 Å². The fraction of sp³-hybridized carbons (Fsp3) is 0.481. The molecule has 1 aliphatic carbocycles. The van der Waals surface area contributed by atoms with E-state index in [1.54, 1.807) is 44.3 Å². The number of benzene rings is 3. The van der Waals surface area contributed by atoms with Crippen LogP contribution in [-0.2, 0) is 88.3 Å². The molecule has 13 amide bonds. The molecule has 8 atom stereocenters. The average Bonchev–Trinajstić information content (AvgIpc) is 1.61. The number of para-hydroxylation sites is 3. The first-order valence-corrected chi connectivity index (χ1v) is 39.8. The number of carbonyl (C=O) groups excluding carboxylic acids is 13. The third kappa shape index (κ3) is 28.7. The Morgan fingerprint density at radius 1 is 0.526 bits per heavy atom. The molecule has 8 rings (SSSR count). The number of carbonyl (C=O) groups is 13. The lowest BCUT2D eigenvalue weighted by molar-refractivity contribution is -0.135. The van der Waals surface area contributed by atoms with Gasteiger partial charge in [0, 0.05) is 110 Å². The predicted octanol–water partition coefficient (Wildman–Crippen LogP) is 3.17. The number of hydrogen-bond acceptors (Lipinski definition) is 18. The van der Waals surface area contributed by atoms with E-state index < -0.39 is 132 Å². The molecule has 0 saturated heterocycles. The number of nitrogens with two attached hydrogens (primary N) is 2. The lowest BCUT2D eigenvalue weighted by atomic mass is 9.84. The van der Waals surface area contributed by atoms with Crippen molar-refractivity contribution in [3.63, 3.8) is 0 Å². The van der Waals surface area contributed by atoms with Crippen molar-refractivity contribution in [3.05, 3.63) is 138 Å². The van der Waals surface area contributed by atoms with Gasteiger partial charge in [0.25, 0.3) is 0 Å². The SMILES string of the molecule is CCCC[C@H](NC(=O)[C@H](CC1CCCCC1)NC(=O)[C@H](Cc1cnc[nH]1)NC(=O)CNC(=O)[C@@H](NC(=O)[C@H](C)NC(=O)[C@H](Cc1c[nH]c2ccccc12)NC(=O)[C@H](CCC(N)=O)NC(=O)CCNC(=O)CCNC(=O)[C@H](CS)NC(=O)CCCCN(Cc1ccc2ccccc2n1)Cc1ccc2ccccc2n1)C(C)C)C(N)=O. The van der Waals surface area contributed by atoms with Gasteiger partial charge in [-0.25, -0.2) is 4.98 Å². The summed E-state index contributed by atoms with van der Waals surface area (Å²) < 4.78 is 0. The maximum Gasteiger partial charge on any atom is 0.243 e. The van der Waals surface area contributed by atoms with Crippen molar-refractivity contribution < 1.29 is 62.3 Å². The minimum Gasteiger partial charge on any atom is -0.370 e. The summed E-state index contributed by atoms with van der Waals surface area (Å²) in [5.74, 6) is -9.65. The molecule has 33 heteroatoms. The summed E-state index contributed by atoms with van der Waals surface area (Å²) >= 11 is 4.31. The molecule has 7 aromatic rings. The van der Waals surface area contributed by atoms with E-state index in [1.165, 1.54) is 19.4 Å². The van der Waals surface area contributed by atoms with Crippen LogP contribution in [0.1, 0.15) is 153 Å². The van der Waals surface area contributed by atoms with Crippen LogP contribution in [0, 0.1) is 11.8 Å². The third-order valence-corrected chi connectivity index (χ3v) is 20.3. The highest BCUT2D eigenvalue weighted by Gasteiger charge is 2.35. The molecule has 4 heterocycles. The molecule has 0 unspecified atom stereocenters. The first-order chi connectivity index (χ1) is 54.8. The molecule has 0 aliphatic heterocycles. The highest BCUT2D eigenvalue weighted by atomic mass is 32.1. The topological polar surface area (TPSA) is 480 Å². The van der Waals surface area contributed by atoms with Gasteiger partial charge in [-0.2, -0.15) is 12.6 Å². The van der Waals surface area contributed by atoms with Crippen LogP contribution in [-0.4, -0.2) is 187 Å². The number of H-pyrrole nitrogens is 2. The zero-order chi connectivity index (χ0) is 82.1. The maximum absolute atomic E-state index is 14.5. The molecule has 0 spiro atoms. The summed E-state index contributed by atoms with van der Waals surface area (Å²) in [5, 5.41) is 32.0. The van der Waals surface area contributed by atoms with Crippen LogP contribution in [0.2, 0.25) is 0 Å². The lowest BCUT2D eigenvalue weighted by Crippen LogP contribution is -2.59. The van der Waals surface area contributed by atoms with Crippen molar-refractivity contribution >= 4 is 122 Å². The van der Waals surface area contributed by atoms with Gasteiger partial charge in [-0.15, -0.1) is 0 Å². The molecule has 0 bridgehead atoms.